The largest absolute Gasteiger partial charge is 0.490 e. The molecular weight excluding hydrogens is 398 g/mol. The molecule has 0 aliphatic carbocycles. The fraction of sp³-hybridized carbons (Fsp3) is 0.350. The molecule has 0 radical (unpaired) electrons. The van der Waals surface area contributed by atoms with Gasteiger partial charge in [-0.25, -0.2) is 0 Å². The number of ether oxygens (including phenoxy) is 2. The van der Waals surface area contributed by atoms with Gasteiger partial charge >= 0.3 is 0 Å². The van der Waals surface area contributed by atoms with Crippen LogP contribution >= 0.6 is 11.6 Å². The summed E-state index contributed by atoms with van der Waals surface area (Å²) >= 11 is 6.28. The summed E-state index contributed by atoms with van der Waals surface area (Å²) in [5, 5.41) is 16.9. The number of benzene rings is 2. The van der Waals surface area contributed by atoms with Gasteiger partial charge in [0.15, 0.2) is 11.5 Å². The van der Waals surface area contributed by atoms with Crippen molar-refractivity contribution in [2.75, 3.05) is 31.6 Å². The van der Waals surface area contributed by atoms with E-state index < -0.39 is 4.92 Å². The number of hydrogen-bond donors (Lipinski definition) is 2. The molecular formula is C20H24ClN3O5. The molecule has 0 atom stereocenters. The Morgan fingerprint density at radius 1 is 1.14 bits per heavy atom. The predicted octanol–water partition coefficient (Wildman–Crippen LogP) is 4.28. The summed E-state index contributed by atoms with van der Waals surface area (Å²) < 4.78 is 11.2. The normalized spacial score (nSPS) is 10.3. The molecule has 2 rings (SSSR count). The van der Waals surface area contributed by atoms with Crippen molar-refractivity contribution in [1.29, 1.82) is 0 Å². The summed E-state index contributed by atoms with van der Waals surface area (Å²) in [6, 6.07) is 9.22. The minimum atomic E-state index is -0.454. The van der Waals surface area contributed by atoms with Crippen molar-refractivity contribution >= 4 is 28.9 Å². The number of nitro groups is 1. The van der Waals surface area contributed by atoms with E-state index in [2.05, 4.69) is 10.6 Å². The Balaban J connectivity index is 1.93. The zero-order valence-electron chi connectivity index (χ0n) is 16.4. The minimum absolute atomic E-state index is 0.0252. The average Bonchev–Trinajstić information content (AvgIpc) is 2.71. The highest BCUT2D eigenvalue weighted by molar-refractivity contribution is 6.32. The van der Waals surface area contributed by atoms with E-state index >= 15 is 0 Å². The topological polar surface area (TPSA) is 103 Å². The number of nitrogens with zero attached hydrogens (tertiary/aromatic N) is 1. The van der Waals surface area contributed by atoms with Crippen LogP contribution in [0.2, 0.25) is 5.02 Å². The van der Waals surface area contributed by atoms with Crippen LogP contribution in [0.1, 0.15) is 30.6 Å². The summed E-state index contributed by atoms with van der Waals surface area (Å²) in [6.45, 7) is 5.55. The molecule has 29 heavy (non-hydrogen) atoms. The van der Waals surface area contributed by atoms with E-state index in [-0.39, 0.29) is 11.6 Å². The zero-order chi connectivity index (χ0) is 21.2. The number of nitrogens with one attached hydrogen (secondary N) is 2. The maximum Gasteiger partial charge on any atom is 0.269 e. The number of hydrogen-bond acceptors (Lipinski definition) is 6. The number of non-ortho nitro benzene ring substituents is 1. The molecule has 0 aliphatic heterocycles. The van der Waals surface area contributed by atoms with Crippen molar-refractivity contribution in [3.63, 3.8) is 0 Å². The molecule has 0 aromatic heterocycles. The highest BCUT2D eigenvalue weighted by Crippen LogP contribution is 2.36. The van der Waals surface area contributed by atoms with Gasteiger partial charge in [0.1, 0.15) is 0 Å². The van der Waals surface area contributed by atoms with E-state index in [0.29, 0.717) is 48.4 Å². The second-order valence-electron chi connectivity index (χ2n) is 6.05. The van der Waals surface area contributed by atoms with Crippen LogP contribution in [-0.2, 0) is 0 Å². The maximum absolute atomic E-state index is 12.4. The van der Waals surface area contributed by atoms with E-state index in [1.54, 1.807) is 24.3 Å². The van der Waals surface area contributed by atoms with E-state index in [1.165, 1.54) is 12.1 Å². The molecule has 0 bridgehead atoms. The Kier molecular flexibility index (Phi) is 8.54. The van der Waals surface area contributed by atoms with Crippen molar-refractivity contribution in [2.45, 2.75) is 20.3 Å². The fourth-order valence-electron chi connectivity index (χ4n) is 2.49. The summed E-state index contributed by atoms with van der Waals surface area (Å²) in [4.78, 5) is 22.6. The van der Waals surface area contributed by atoms with Crippen molar-refractivity contribution in [2.24, 2.45) is 0 Å². The van der Waals surface area contributed by atoms with Crippen molar-refractivity contribution in [3.05, 3.63) is 57.1 Å². The predicted molar refractivity (Wildman–Crippen MR) is 112 cm³/mol. The standard InChI is InChI=1S/C20H24ClN3O5/c1-3-11-29-19-17(21)12-14(13-18(19)28-4-2)20(25)23-10-9-22-15-5-7-16(8-6-15)24(26)27/h5-8,12-13,22H,3-4,9-11H2,1-2H3,(H,23,25). The number of amides is 1. The molecule has 0 spiro atoms. The summed E-state index contributed by atoms with van der Waals surface area (Å²) in [7, 11) is 0. The molecule has 9 heteroatoms. The quantitative estimate of drug-likeness (QED) is 0.319. The van der Waals surface area contributed by atoms with Crippen molar-refractivity contribution < 1.29 is 19.2 Å². The molecule has 0 saturated heterocycles. The molecule has 2 aromatic rings. The first-order chi connectivity index (χ1) is 14.0. The van der Waals surface area contributed by atoms with E-state index in [1.807, 2.05) is 13.8 Å². The summed E-state index contributed by atoms with van der Waals surface area (Å²) in [5.74, 6) is 0.578. The number of nitro benzene ring substituents is 1. The Labute approximate surface area is 174 Å². The lowest BCUT2D eigenvalue weighted by Gasteiger charge is -2.15. The second-order valence-corrected chi connectivity index (χ2v) is 6.46. The zero-order valence-corrected chi connectivity index (χ0v) is 17.1. The summed E-state index contributed by atoms with van der Waals surface area (Å²) in [5.41, 5.74) is 1.12. The van der Waals surface area contributed by atoms with Gasteiger partial charge in [-0.1, -0.05) is 18.5 Å². The van der Waals surface area contributed by atoms with Gasteiger partial charge in [-0.15, -0.1) is 0 Å². The lowest BCUT2D eigenvalue weighted by Crippen LogP contribution is -2.28. The first-order valence-electron chi connectivity index (χ1n) is 9.31. The van der Waals surface area contributed by atoms with Gasteiger partial charge in [-0.2, -0.15) is 0 Å². The fourth-order valence-corrected chi connectivity index (χ4v) is 2.76. The molecule has 0 saturated carbocycles. The molecule has 2 aromatic carbocycles. The van der Waals surface area contributed by atoms with E-state index in [9.17, 15) is 14.9 Å². The minimum Gasteiger partial charge on any atom is -0.490 e. The molecule has 0 aliphatic rings. The number of anilines is 1. The highest BCUT2D eigenvalue weighted by Gasteiger charge is 2.16. The first-order valence-corrected chi connectivity index (χ1v) is 9.69. The van der Waals surface area contributed by atoms with Crippen LogP contribution < -0.4 is 20.1 Å². The van der Waals surface area contributed by atoms with Crippen LogP contribution in [0.25, 0.3) is 0 Å². The molecule has 8 nitrogen and oxygen atoms in total. The second kappa shape index (κ2) is 11.1. The number of carbonyl (C=O) groups is 1. The van der Waals surface area contributed by atoms with Crippen LogP contribution in [0.15, 0.2) is 36.4 Å². The van der Waals surface area contributed by atoms with Gasteiger partial charge in [0.25, 0.3) is 11.6 Å². The smallest absolute Gasteiger partial charge is 0.269 e. The Hall–Kier alpha value is -3.00. The van der Waals surface area contributed by atoms with Gasteiger partial charge in [-0.05, 0) is 37.6 Å². The Bertz CT molecular complexity index is 843. The molecule has 1 amide bonds. The molecule has 156 valence electrons. The van der Waals surface area contributed by atoms with Crippen molar-refractivity contribution in [3.8, 4) is 11.5 Å². The molecule has 2 N–H and O–H groups in total. The first kappa shape index (κ1) is 22.3. The monoisotopic (exact) mass is 421 g/mol. The Morgan fingerprint density at radius 3 is 2.48 bits per heavy atom. The third-order valence-corrected chi connectivity index (χ3v) is 4.12. The number of carbonyl (C=O) groups excluding carboxylic acids is 1. The van der Waals surface area contributed by atoms with Crippen LogP contribution in [0.5, 0.6) is 11.5 Å². The molecule has 0 unspecified atom stereocenters. The van der Waals surface area contributed by atoms with Gasteiger partial charge in [0, 0.05) is 36.5 Å². The third kappa shape index (κ3) is 6.53. The van der Waals surface area contributed by atoms with Crippen LogP contribution in [0.4, 0.5) is 11.4 Å². The third-order valence-electron chi connectivity index (χ3n) is 3.84. The van der Waals surface area contributed by atoms with Crippen molar-refractivity contribution in [1.82, 2.24) is 5.32 Å². The lowest BCUT2D eigenvalue weighted by atomic mass is 10.2. The maximum atomic E-state index is 12.4. The lowest BCUT2D eigenvalue weighted by molar-refractivity contribution is -0.384. The highest BCUT2D eigenvalue weighted by atomic mass is 35.5. The van der Waals surface area contributed by atoms with Crippen LogP contribution in [0, 0.1) is 10.1 Å². The Morgan fingerprint density at radius 2 is 1.86 bits per heavy atom. The van der Waals surface area contributed by atoms with E-state index in [0.717, 1.165) is 12.1 Å². The average molecular weight is 422 g/mol. The molecule has 0 fully saturated rings. The van der Waals surface area contributed by atoms with Gasteiger partial charge in [-0.3, -0.25) is 14.9 Å². The van der Waals surface area contributed by atoms with Gasteiger partial charge in [0.2, 0.25) is 0 Å². The number of rotatable bonds is 11. The van der Waals surface area contributed by atoms with Crippen LogP contribution in [-0.4, -0.2) is 37.1 Å². The van der Waals surface area contributed by atoms with Crippen LogP contribution in [0.3, 0.4) is 0 Å². The SMILES string of the molecule is CCCOc1c(Cl)cc(C(=O)NCCNc2ccc([N+](=O)[O-])cc2)cc1OCC. The van der Waals surface area contributed by atoms with E-state index in [4.69, 9.17) is 21.1 Å². The summed E-state index contributed by atoms with van der Waals surface area (Å²) in [6.07, 6.45) is 0.825. The van der Waals surface area contributed by atoms with Gasteiger partial charge in [0.05, 0.1) is 23.2 Å². The van der Waals surface area contributed by atoms with Gasteiger partial charge < -0.3 is 20.1 Å². The number of halogens is 1. The molecule has 0 heterocycles.